The van der Waals surface area contributed by atoms with Crippen molar-refractivity contribution >= 4 is 22.9 Å². The average Bonchev–Trinajstić information content (AvgIpc) is 2.83. The Labute approximate surface area is 126 Å². The van der Waals surface area contributed by atoms with Crippen LogP contribution in [0.2, 0.25) is 0 Å². The molecular formula is C17H25NOS. The zero-order chi connectivity index (χ0) is 14.4. The fraction of sp³-hybridized carbons (Fsp3) is 0.588. The Kier molecular flexibility index (Phi) is 5.84. The van der Waals surface area contributed by atoms with Gasteiger partial charge in [-0.3, -0.25) is 4.79 Å². The number of anilines is 1. The lowest BCUT2D eigenvalue weighted by Gasteiger charge is -2.23. The molecule has 0 saturated heterocycles. The van der Waals surface area contributed by atoms with Gasteiger partial charge >= 0.3 is 0 Å². The third-order valence-corrected chi connectivity index (χ3v) is 4.89. The molecule has 1 amide bonds. The summed E-state index contributed by atoms with van der Waals surface area (Å²) in [6, 6.07) is 0. The SMILES string of the molecule is CC(=O)Nc1cscc1CC/C=C/C1CCC(C)CC1. The van der Waals surface area contributed by atoms with E-state index in [2.05, 4.69) is 29.8 Å². The van der Waals surface area contributed by atoms with Crippen LogP contribution in [0.1, 0.15) is 51.5 Å². The quantitative estimate of drug-likeness (QED) is 0.758. The van der Waals surface area contributed by atoms with E-state index in [0.717, 1.165) is 30.4 Å². The minimum Gasteiger partial charge on any atom is -0.325 e. The van der Waals surface area contributed by atoms with Gasteiger partial charge in [0.05, 0.1) is 5.69 Å². The maximum atomic E-state index is 11.1. The summed E-state index contributed by atoms with van der Waals surface area (Å²) in [5, 5.41) is 7.05. The van der Waals surface area contributed by atoms with E-state index < -0.39 is 0 Å². The third kappa shape index (κ3) is 4.78. The summed E-state index contributed by atoms with van der Waals surface area (Å²) in [5.74, 6) is 1.73. The van der Waals surface area contributed by atoms with Gasteiger partial charge in [-0.1, -0.05) is 31.9 Å². The van der Waals surface area contributed by atoms with Crippen molar-refractivity contribution in [3.8, 4) is 0 Å². The molecule has 20 heavy (non-hydrogen) atoms. The molecule has 0 unspecified atom stereocenters. The zero-order valence-electron chi connectivity index (χ0n) is 12.5. The molecule has 1 saturated carbocycles. The van der Waals surface area contributed by atoms with Crippen molar-refractivity contribution in [2.75, 3.05) is 5.32 Å². The van der Waals surface area contributed by atoms with Crippen LogP contribution < -0.4 is 5.32 Å². The first-order valence-electron chi connectivity index (χ1n) is 7.64. The predicted molar refractivity (Wildman–Crippen MR) is 87.2 cm³/mol. The minimum atomic E-state index is 0.0107. The van der Waals surface area contributed by atoms with Gasteiger partial charge in [0.15, 0.2) is 0 Å². The second-order valence-corrected chi connectivity index (χ2v) is 6.72. The monoisotopic (exact) mass is 291 g/mol. The highest BCUT2D eigenvalue weighted by Crippen LogP contribution is 2.29. The van der Waals surface area contributed by atoms with Crippen molar-refractivity contribution in [3.05, 3.63) is 28.5 Å². The van der Waals surface area contributed by atoms with Crippen LogP contribution in [-0.2, 0) is 11.2 Å². The van der Waals surface area contributed by atoms with Crippen molar-refractivity contribution in [1.82, 2.24) is 0 Å². The van der Waals surface area contributed by atoms with Gasteiger partial charge in [0.2, 0.25) is 5.91 Å². The molecule has 1 aliphatic carbocycles. The summed E-state index contributed by atoms with van der Waals surface area (Å²) in [7, 11) is 0. The number of carbonyl (C=O) groups is 1. The van der Waals surface area contributed by atoms with E-state index in [1.807, 2.05) is 5.38 Å². The molecule has 110 valence electrons. The smallest absolute Gasteiger partial charge is 0.221 e. The van der Waals surface area contributed by atoms with E-state index in [4.69, 9.17) is 0 Å². The first kappa shape index (κ1) is 15.3. The van der Waals surface area contributed by atoms with Gasteiger partial charge in [-0.2, -0.15) is 0 Å². The highest BCUT2D eigenvalue weighted by atomic mass is 32.1. The Hall–Kier alpha value is -1.09. The number of nitrogens with one attached hydrogen (secondary N) is 1. The maximum absolute atomic E-state index is 11.1. The van der Waals surface area contributed by atoms with Gasteiger partial charge in [-0.05, 0) is 48.5 Å². The Morgan fingerprint density at radius 1 is 1.35 bits per heavy atom. The van der Waals surface area contributed by atoms with Crippen LogP contribution in [0, 0.1) is 11.8 Å². The highest BCUT2D eigenvalue weighted by molar-refractivity contribution is 7.08. The molecule has 2 nitrogen and oxygen atoms in total. The van der Waals surface area contributed by atoms with Crippen molar-refractivity contribution < 1.29 is 4.79 Å². The van der Waals surface area contributed by atoms with Crippen LogP contribution in [0.5, 0.6) is 0 Å². The van der Waals surface area contributed by atoms with E-state index in [1.165, 1.54) is 31.2 Å². The van der Waals surface area contributed by atoms with Gasteiger partial charge < -0.3 is 5.32 Å². The second-order valence-electron chi connectivity index (χ2n) is 5.98. The summed E-state index contributed by atoms with van der Waals surface area (Å²) in [4.78, 5) is 11.1. The van der Waals surface area contributed by atoms with Crippen molar-refractivity contribution in [2.24, 2.45) is 11.8 Å². The molecular weight excluding hydrogens is 266 g/mol. The number of hydrogen-bond acceptors (Lipinski definition) is 2. The number of aryl methyl sites for hydroxylation is 1. The molecule has 1 heterocycles. The fourth-order valence-electron chi connectivity index (χ4n) is 2.82. The predicted octanol–water partition coefficient (Wildman–Crippen LogP) is 5.02. The van der Waals surface area contributed by atoms with Crippen LogP contribution in [0.4, 0.5) is 5.69 Å². The van der Waals surface area contributed by atoms with Crippen LogP contribution in [0.25, 0.3) is 0 Å². The number of amides is 1. The van der Waals surface area contributed by atoms with E-state index in [1.54, 1.807) is 18.3 Å². The Morgan fingerprint density at radius 2 is 2.10 bits per heavy atom. The first-order valence-corrected chi connectivity index (χ1v) is 8.58. The molecule has 0 aromatic carbocycles. The molecule has 3 heteroatoms. The number of allylic oxidation sites excluding steroid dienone is 2. The highest BCUT2D eigenvalue weighted by Gasteiger charge is 2.15. The average molecular weight is 291 g/mol. The van der Waals surface area contributed by atoms with E-state index in [-0.39, 0.29) is 5.91 Å². The summed E-state index contributed by atoms with van der Waals surface area (Å²) in [5.41, 5.74) is 2.24. The lowest BCUT2D eigenvalue weighted by molar-refractivity contribution is -0.114. The fourth-order valence-corrected chi connectivity index (χ4v) is 3.65. The number of carbonyl (C=O) groups excluding carboxylic acids is 1. The molecule has 1 aromatic heterocycles. The molecule has 0 radical (unpaired) electrons. The molecule has 1 aliphatic rings. The zero-order valence-corrected chi connectivity index (χ0v) is 13.3. The molecule has 1 aromatic rings. The van der Waals surface area contributed by atoms with Gasteiger partial charge in [-0.15, -0.1) is 11.3 Å². The lowest BCUT2D eigenvalue weighted by Crippen LogP contribution is -2.10. The van der Waals surface area contributed by atoms with Crippen LogP contribution >= 0.6 is 11.3 Å². The molecule has 0 spiro atoms. The lowest BCUT2D eigenvalue weighted by atomic mass is 9.83. The molecule has 0 bridgehead atoms. The van der Waals surface area contributed by atoms with Crippen LogP contribution in [0.3, 0.4) is 0 Å². The second kappa shape index (κ2) is 7.63. The van der Waals surface area contributed by atoms with Crippen molar-refractivity contribution in [1.29, 1.82) is 0 Å². The first-order chi connectivity index (χ1) is 9.65. The Morgan fingerprint density at radius 3 is 2.80 bits per heavy atom. The van der Waals surface area contributed by atoms with Crippen molar-refractivity contribution in [3.63, 3.8) is 0 Å². The van der Waals surface area contributed by atoms with Crippen LogP contribution in [0.15, 0.2) is 22.9 Å². The molecule has 2 rings (SSSR count). The third-order valence-electron chi connectivity index (χ3n) is 4.10. The summed E-state index contributed by atoms with van der Waals surface area (Å²) < 4.78 is 0. The molecule has 1 fully saturated rings. The molecule has 1 N–H and O–H groups in total. The normalized spacial score (nSPS) is 23.1. The minimum absolute atomic E-state index is 0.0107. The molecule has 0 aliphatic heterocycles. The number of hydrogen-bond donors (Lipinski definition) is 1. The van der Waals surface area contributed by atoms with E-state index in [0.29, 0.717) is 0 Å². The largest absolute Gasteiger partial charge is 0.325 e. The van der Waals surface area contributed by atoms with E-state index in [9.17, 15) is 4.79 Å². The number of rotatable bonds is 5. The van der Waals surface area contributed by atoms with Crippen LogP contribution in [-0.4, -0.2) is 5.91 Å². The van der Waals surface area contributed by atoms with Gasteiger partial charge in [0.1, 0.15) is 0 Å². The standard InChI is InChI=1S/C17H25NOS/c1-13-7-9-15(10-8-13)5-3-4-6-16-11-20-12-17(16)18-14(2)19/h3,5,11-13,15H,4,6-10H2,1-2H3,(H,18,19)/b5-3+. The van der Waals surface area contributed by atoms with Crippen molar-refractivity contribution in [2.45, 2.75) is 52.4 Å². The summed E-state index contributed by atoms with van der Waals surface area (Å²) >= 11 is 1.66. The summed E-state index contributed by atoms with van der Waals surface area (Å²) in [6.45, 7) is 3.92. The summed E-state index contributed by atoms with van der Waals surface area (Å²) in [6.07, 6.45) is 12.3. The topological polar surface area (TPSA) is 29.1 Å². The van der Waals surface area contributed by atoms with Gasteiger partial charge in [-0.25, -0.2) is 0 Å². The number of thiophene rings is 1. The van der Waals surface area contributed by atoms with Gasteiger partial charge in [0, 0.05) is 12.3 Å². The van der Waals surface area contributed by atoms with Gasteiger partial charge in [0.25, 0.3) is 0 Å². The maximum Gasteiger partial charge on any atom is 0.221 e. The molecule has 0 atom stereocenters. The Bertz CT molecular complexity index is 455. The Balaban J connectivity index is 1.75. The van der Waals surface area contributed by atoms with E-state index >= 15 is 0 Å².